The smallest absolute Gasteiger partial charge is 0.252 e. The molecule has 1 heterocycles. The summed E-state index contributed by atoms with van der Waals surface area (Å²) in [7, 11) is 1.88. The van der Waals surface area contributed by atoms with E-state index in [-0.39, 0.29) is 17.3 Å². The standard InChI is InChI=1S/C17H22Cl2N4O2/c1-17(2,25)13-8-23(3)7-12(22-13)14(16(21)24)15(20)9-4-5-10(18)11(19)6-9/h4-6,13,20,22,25H,7-8H2,1-3H3,(H2,21,24)/b14-12+,20-15?. The van der Waals surface area contributed by atoms with Crippen LogP contribution in [0.4, 0.5) is 0 Å². The number of nitrogens with zero attached hydrogens (tertiary/aromatic N) is 1. The minimum absolute atomic E-state index is 0.0432. The van der Waals surface area contributed by atoms with E-state index in [9.17, 15) is 9.90 Å². The molecule has 5 N–H and O–H groups in total. The highest BCUT2D eigenvalue weighted by Crippen LogP contribution is 2.25. The summed E-state index contributed by atoms with van der Waals surface area (Å²) in [4.78, 5) is 14.0. The first kappa shape index (κ1) is 19.7. The molecular formula is C17H22Cl2N4O2. The van der Waals surface area contributed by atoms with Gasteiger partial charge >= 0.3 is 0 Å². The molecule has 6 nitrogen and oxygen atoms in total. The SMILES string of the molecule is CN1C/C(=C(/C(=N)c2ccc(Cl)c(Cl)c2)C(N)=O)NC(C(C)(C)O)C1. The molecule has 1 saturated heterocycles. The summed E-state index contributed by atoms with van der Waals surface area (Å²) >= 11 is 11.9. The number of likely N-dealkylation sites (N-methyl/N-ethyl adjacent to an activating group) is 1. The Kier molecular flexibility index (Phi) is 5.79. The quantitative estimate of drug-likeness (QED) is 0.469. The highest BCUT2D eigenvalue weighted by atomic mass is 35.5. The number of hydrogen-bond donors (Lipinski definition) is 4. The normalized spacial score (nSPS) is 20.8. The fourth-order valence-electron chi connectivity index (χ4n) is 2.72. The molecule has 1 aliphatic heterocycles. The molecule has 1 fully saturated rings. The topological polar surface area (TPSA) is 102 Å². The first-order valence-electron chi connectivity index (χ1n) is 7.75. The fourth-order valence-corrected chi connectivity index (χ4v) is 3.02. The molecule has 0 bridgehead atoms. The summed E-state index contributed by atoms with van der Waals surface area (Å²) in [6, 6.07) is 4.39. The number of piperazine rings is 1. The van der Waals surface area contributed by atoms with Crippen molar-refractivity contribution >= 4 is 34.8 Å². The number of carbonyl (C=O) groups excluding carboxylic acids is 1. The van der Waals surface area contributed by atoms with Crippen LogP contribution in [-0.2, 0) is 4.79 Å². The van der Waals surface area contributed by atoms with Crippen LogP contribution in [0.2, 0.25) is 10.0 Å². The highest BCUT2D eigenvalue weighted by molar-refractivity contribution is 6.42. The first-order chi connectivity index (χ1) is 11.5. The Balaban J connectivity index is 2.47. The molecule has 0 spiro atoms. The number of benzene rings is 1. The van der Waals surface area contributed by atoms with Crippen LogP contribution in [-0.4, -0.2) is 53.4 Å². The number of primary amides is 1. The van der Waals surface area contributed by atoms with Gasteiger partial charge < -0.3 is 16.2 Å². The summed E-state index contributed by atoms with van der Waals surface area (Å²) in [6.07, 6.45) is 0. The summed E-state index contributed by atoms with van der Waals surface area (Å²) in [5.41, 5.74) is 5.52. The van der Waals surface area contributed by atoms with Crippen LogP contribution in [0.3, 0.4) is 0 Å². The largest absolute Gasteiger partial charge is 0.388 e. The Hall–Kier alpha value is -1.60. The van der Waals surface area contributed by atoms with E-state index in [4.69, 9.17) is 34.3 Å². The van der Waals surface area contributed by atoms with Crippen molar-refractivity contribution in [3.8, 4) is 0 Å². The third-order valence-corrected chi connectivity index (χ3v) is 4.87. The van der Waals surface area contributed by atoms with Gasteiger partial charge in [-0.3, -0.25) is 15.1 Å². The molecular weight excluding hydrogens is 363 g/mol. The van der Waals surface area contributed by atoms with Gasteiger partial charge in [-0.1, -0.05) is 29.3 Å². The van der Waals surface area contributed by atoms with E-state index in [0.29, 0.717) is 34.4 Å². The van der Waals surface area contributed by atoms with Crippen molar-refractivity contribution in [2.24, 2.45) is 5.73 Å². The number of nitrogens with one attached hydrogen (secondary N) is 2. The van der Waals surface area contributed by atoms with E-state index in [0.717, 1.165) is 0 Å². The molecule has 1 amide bonds. The molecule has 8 heteroatoms. The average molecular weight is 385 g/mol. The first-order valence-corrected chi connectivity index (χ1v) is 8.51. The molecule has 2 rings (SSSR count). The van der Waals surface area contributed by atoms with Gasteiger partial charge in [0.2, 0.25) is 0 Å². The number of nitrogens with two attached hydrogens (primary N) is 1. The van der Waals surface area contributed by atoms with Gasteiger partial charge in [-0.15, -0.1) is 0 Å². The maximum absolute atomic E-state index is 12.1. The van der Waals surface area contributed by atoms with Crippen LogP contribution >= 0.6 is 23.2 Å². The van der Waals surface area contributed by atoms with E-state index in [1.54, 1.807) is 26.0 Å². The Morgan fingerprint density at radius 2 is 2.04 bits per heavy atom. The summed E-state index contributed by atoms with van der Waals surface area (Å²) in [5.74, 6) is -0.719. The minimum atomic E-state index is -1.01. The van der Waals surface area contributed by atoms with E-state index in [2.05, 4.69) is 5.32 Å². The fraction of sp³-hybridized carbons (Fsp3) is 0.412. The van der Waals surface area contributed by atoms with Gasteiger partial charge in [-0.25, -0.2) is 0 Å². The molecule has 1 aliphatic rings. The lowest BCUT2D eigenvalue weighted by Gasteiger charge is -2.40. The monoisotopic (exact) mass is 384 g/mol. The van der Waals surface area contributed by atoms with Crippen molar-refractivity contribution in [1.82, 2.24) is 10.2 Å². The molecule has 25 heavy (non-hydrogen) atoms. The van der Waals surface area contributed by atoms with Gasteiger partial charge in [0.25, 0.3) is 5.91 Å². The van der Waals surface area contributed by atoms with Crippen LogP contribution in [0.15, 0.2) is 29.5 Å². The van der Waals surface area contributed by atoms with E-state index in [1.165, 1.54) is 6.07 Å². The van der Waals surface area contributed by atoms with E-state index in [1.807, 2.05) is 11.9 Å². The van der Waals surface area contributed by atoms with E-state index >= 15 is 0 Å². The predicted octanol–water partition coefficient (Wildman–Crippen LogP) is 1.78. The Morgan fingerprint density at radius 3 is 2.56 bits per heavy atom. The van der Waals surface area contributed by atoms with E-state index < -0.39 is 11.5 Å². The van der Waals surface area contributed by atoms with Gasteiger partial charge in [-0.2, -0.15) is 0 Å². The molecule has 1 unspecified atom stereocenters. The van der Waals surface area contributed by atoms with Crippen LogP contribution in [0.5, 0.6) is 0 Å². The Labute approximate surface area is 157 Å². The zero-order valence-electron chi connectivity index (χ0n) is 14.4. The average Bonchev–Trinajstić information content (AvgIpc) is 2.48. The van der Waals surface area contributed by atoms with Gasteiger partial charge in [-0.05, 0) is 33.0 Å². The van der Waals surface area contributed by atoms with Crippen molar-refractivity contribution in [3.63, 3.8) is 0 Å². The summed E-state index contributed by atoms with van der Waals surface area (Å²) < 4.78 is 0. The second kappa shape index (κ2) is 7.33. The highest BCUT2D eigenvalue weighted by Gasteiger charge is 2.34. The van der Waals surface area contributed by atoms with Crippen molar-refractivity contribution in [2.75, 3.05) is 20.1 Å². The van der Waals surface area contributed by atoms with Gasteiger partial charge in [0.15, 0.2) is 0 Å². The third-order valence-electron chi connectivity index (χ3n) is 4.13. The van der Waals surface area contributed by atoms with Crippen molar-refractivity contribution in [1.29, 1.82) is 5.41 Å². The lowest BCUT2D eigenvalue weighted by molar-refractivity contribution is -0.114. The number of amides is 1. The lowest BCUT2D eigenvalue weighted by atomic mass is 9.93. The van der Waals surface area contributed by atoms with Gasteiger partial charge in [0, 0.05) is 24.4 Å². The number of hydrogen-bond acceptors (Lipinski definition) is 5. The third kappa shape index (κ3) is 4.52. The zero-order valence-corrected chi connectivity index (χ0v) is 15.9. The van der Waals surface area contributed by atoms with Gasteiger partial charge in [0.05, 0.1) is 33.0 Å². The molecule has 0 aromatic heterocycles. The van der Waals surface area contributed by atoms with Crippen LogP contribution in [0.1, 0.15) is 19.4 Å². The molecule has 136 valence electrons. The van der Waals surface area contributed by atoms with Gasteiger partial charge in [0.1, 0.15) is 0 Å². The van der Waals surface area contributed by atoms with Crippen molar-refractivity contribution in [2.45, 2.75) is 25.5 Å². The maximum Gasteiger partial charge on any atom is 0.252 e. The second-order valence-electron chi connectivity index (χ2n) is 6.77. The molecule has 0 aliphatic carbocycles. The van der Waals surface area contributed by atoms with Crippen LogP contribution < -0.4 is 11.1 Å². The van der Waals surface area contributed by atoms with Crippen molar-refractivity contribution in [3.05, 3.63) is 45.1 Å². The number of carbonyl (C=O) groups is 1. The number of aliphatic hydroxyl groups is 1. The number of halogens is 2. The summed E-state index contributed by atoms with van der Waals surface area (Å²) in [6.45, 7) is 4.39. The molecule has 1 atom stereocenters. The van der Waals surface area contributed by atoms with Crippen LogP contribution in [0, 0.1) is 5.41 Å². The Bertz CT molecular complexity index is 741. The lowest BCUT2D eigenvalue weighted by Crippen LogP contribution is -2.58. The molecule has 0 radical (unpaired) electrons. The maximum atomic E-state index is 12.1. The van der Waals surface area contributed by atoms with Crippen molar-refractivity contribution < 1.29 is 9.90 Å². The predicted molar refractivity (Wildman–Crippen MR) is 100 cm³/mol. The second-order valence-corrected chi connectivity index (χ2v) is 7.58. The number of rotatable bonds is 4. The molecule has 1 aromatic rings. The summed E-state index contributed by atoms with van der Waals surface area (Å²) in [5, 5.41) is 22.6. The molecule has 1 aromatic carbocycles. The zero-order chi connectivity index (χ0) is 18.9. The molecule has 0 saturated carbocycles. The Morgan fingerprint density at radius 1 is 1.40 bits per heavy atom. The van der Waals surface area contributed by atoms with Crippen LogP contribution in [0.25, 0.3) is 0 Å². The minimum Gasteiger partial charge on any atom is -0.388 e.